The molecule has 19 heavy (non-hydrogen) atoms. The van der Waals surface area contributed by atoms with E-state index in [2.05, 4.69) is 15.9 Å². The molecular weight excluding hydrogens is 308 g/mol. The van der Waals surface area contributed by atoms with E-state index in [1.165, 1.54) is 0 Å². The second kappa shape index (κ2) is 5.86. The Hall–Kier alpha value is -1.85. The first kappa shape index (κ1) is 13.6. The number of carbonyl (C=O) groups is 1. The van der Waals surface area contributed by atoms with Gasteiger partial charge in [0.25, 0.3) is 5.91 Å². The molecule has 0 spiro atoms. The van der Waals surface area contributed by atoms with Crippen LogP contribution in [0.5, 0.6) is 11.5 Å². The van der Waals surface area contributed by atoms with Crippen LogP contribution in [0.3, 0.4) is 0 Å². The lowest BCUT2D eigenvalue weighted by atomic mass is 10.1. The number of hydrogen-bond donors (Lipinski definition) is 2. The van der Waals surface area contributed by atoms with Crippen molar-refractivity contribution in [3.8, 4) is 11.5 Å². The van der Waals surface area contributed by atoms with Crippen molar-refractivity contribution in [2.45, 2.75) is 6.54 Å². The van der Waals surface area contributed by atoms with Crippen LogP contribution >= 0.6 is 15.9 Å². The molecule has 0 aliphatic heterocycles. The van der Waals surface area contributed by atoms with Gasteiger partial charge in [0, 0.05) is 16.6 Å². The highest BCUT2D eigenvalue weighted by Gasteiger charge is 2.11. The summed E-state index contributed by atoms with van der Waals surface area (Å²) in [5, 5.41) is 0. The quantitative estimate of drug-likeness (QED) is 0.909. The number of amides is 1. The minimum Gasteiger partial charge on any atom is -0.456 e. The monoisotopic (exact) mass is 320 g/mol. The molecule has 0 heterocycles. The van der Waals surface area contributed by atoms with Crippen LogP contribution < -0.4 is 16.2 Å². The van der Waals surface area contributed by atoms with E-state index in [9.17, 15) is 4.79 Å². The minimum atomic E-state index is -0.526. The van der Waals surface area contributed by atoms with Crippen LogP contribution in [0.1, 0.15) is 15.9 Å². The van der Waals surface area contributed by atoms with Crippen LogP contribution in [0.25, 0.3) is 0 Å². The van der Waals surface area contributed by atoms with Crippen LogP contribution in [-0.4, -0.2) is 5.91 Å². The summed E-state index contributed by atoms with van der Waals surface area (Å²) in [4.78, 5) is 11.3. The van der Waals surface area contributed by atoms with Crippen molar-refractivity contribution < 1.29 is 9.53 Å². The molecule has 1 amide bonds. The molecule has 0 aromatic heterocycles. The normalized spacial score (nSPS) is 10.2. The Bertz CT molecular complexity index is 614. The van der Waals surface area contributed by atoms with Crippen molar-refractivity contribution in [2.24, 2.45) is 11.5 Å². The topological polar surface area (TPSA) is 78.3 Å². The number of ether oxygens (including phenoxy) is 1. The average Bonchev–Trinajstić information content (AvgIpc) is 2.41. The summed E-state index contributed by atoms with van der Waals surface area (Å²) in [6.45, 7) is 0.341. The van der Waals surface area contributed by atoms with Gasteiger partial charge in [-0.2, -0.15) is 0 Å². The van der Waals surface area contributed by atoms with Gasteiger partial charge in [-0.1, -0.05) is 28.1 Å². The van der Waals surface area contributed by atoms with Gasteiger partial charge in [-0.3, -0.25) is 4.79 Å². The van der Waals surface area contributed by atoms with Crippen molar-refractivity contribution in [2.75, 3.05) is 0 Å². The van der Waals surface area contributed by atoms with Gasteiger partial charge in [0.2, 0.25) is 0 Å². The summed E-state index contributed by atoms with van der Waals surface area (Å²) in [5.41, 5.74) is 12.2. The molecule has 0 aliphatic carbocycles. The van der Waals surface area contributed by atoms with E-state index in [0.29, 0.717) is 23.6 Å². The van der Waals surface area contributed by atoms with Crippen molar-refractivity contribution >= 4 is 21.8 Å². The van der Waals surface area contributed by atoms with E-state index in [1.54, 1.807) is 30.3 Å². The summed E-state index contributed by atoms with van der Waals surface area (Å²) < 4.78 is 6.67. The third kappa shape index (κ3) is 3.13. The van der Waals surface area contributed by atoms with Gasteiger partial charge in [-0.05, 0) is 30.3 Å². The van der Waals surface area contributed by atoms with Crippen molar-refractivity contribution in [3.63, 3.8) is 0 Å². The lowest BCUT2D eigenvalue weighted by Crippen LogP contribution is -2.12. The number of rotatable bonds is 4. The Morgan fingerprint density at radius 1 is 1.16 bits per heavy atom. The maximum atomic E-state index is 11.3. The number of carbonyl (C=O) groups excluding carboxylic acids is 1. The number of benzene rings is 2. The molecule has 2 rings (SSSR count). The van der Waals surface area contributed by atoms with Crippen molar-refractivity contribution in [1.29, 1.82) is 0 Å². The lowest BCUT2D eigenvalue weighted by Gasteiger charge is -2.12. The Balaban J connectivity index is 2.39. The molecular formula is C14H13BrN2O2. The Morgan fingerprint density at radius 2 is 1.89 bits per heavy atom. The number of primary amides is 1. The fraction of sp³-hybridized carbons (Fsp3) is 0.0714. The second-order valence-electron chi connectivity index (χ2n) is 3.92. The SMILES string of the molecule is NCc1cc(Br)ccc1Oc1ccccc1C(N)=O. The third-order valence-electron chi connectivity index (χ3n) is 2.61. The summed E-state index contributed by atoms with van der Waals surface area (Å²) in [6.07, 6.45) is 0. The second-order valence-corrected chi connectivity index (χ2v) is 4.83. The first-order chi connectivity index (χ1) is 9.11. The number of halogens is 1. The van der Waals surface area contributed by atoms with Gasteiger partial charge in [-0.15, -0.1) is 0 Å². The minimum absolute atomic E-state index is 0.341. The summed E-state index contributed by atoms with van der Waals surface area (Å²) in [7, 11) is 0. The first-order valence-electron chi connectivity index (χ1n) is 5.67. The molecule has 2 aromatic rings. The molecule has 0 fully saturated rings. The highest BCUT2D eigenvalue weighted by Crippen LogP contribution is 2.29. The molecule has 0 unspecified atom stereocenters. The van der Waals surface area contributed by atoms with E-state index in [4.69, 9.17) is 16.2 Å². The molecule has 0 saturated heterocycles. The van der Waals surface area contributed by atoms with Crippen LogP contribution in [0.4, 0.5) is 0 Å². The fourth-order valence-corrected chi connectivity index (χ4v) is 2.09. The first-order valence-corrected chi connectivity index (χ1v) is 6.46. The molecule has 0 saturated carbocycles. The van der Waals surface area contributed by atoms with Crippen molar-refractivity contribution in [3.05, 3.63) is 58.1 Å². The molecule has 4 N–H and O–H groups in total. The summed E-state index contributed by atoms with van der Waals surface area (Å²) >= 11 is 3.38. The Kier molecular flexibility index (Phi) is 4.19. The maximum Gasteiger partial charge on any atom is 0.252 e. The zero-order chi connectivity index (χ0) is 13.8. The predicted octanol–water partition coefficient (Wildman–Crippen LogP) is 2.80. The molecule has 0 atom stereocenters. The maximum absolute atomic E-state index is 11.3. The standard InChI is InChI=1S/C14H13BrN2O2/c15-10-5-6-12(9(7-10)8-16)19-13-4-2-1-3-11(13)14(17)18/h1-7H,8,16H2,(H2,17,18). The number of hydrogen-bond acceptors (Lipinski definition) is 3. The van der Waals surface area contributed by atoms with Gasteiger partial charge in [-0.25, -0.2) is 0 Å². The van der Waals surface area contributed by atoms with Gasteiger partial charge >= 0.3 is 0 Å². The molecule has 5 heteroatoms. The average molecular weight is 321 g/mol. The largest absolute Gasteiger partial charge is 0.456 e. The van der Waals surface area contributed by atoms with Crippen molar-refractivity contribution in [1.82, 2.24) is 0 Å². The van der Waals surface area contributed by atoms with Crippen LogP contribution in [0, 0.1) is 0 Å². The van der Waals surface area contributed by atoms with Gasteiger partial charge < -0.3 is 16.2 Å². The number of nitrogens with two attached hydrogens (primary N) is 2. The van der Waals surface area contributed by atoms with E-state index in [-0.39, 0.29) is 0 Å². The predicted molar refractivity (Wildman–Crippen MR) is 77.1 cm³/mol. The molecule has 98 valence electrons. The zero-order valence-corrected chi connectivity index (χ0v) is 11.7. The van der Waals surface area contributed by atoms with E-state index < -0.39 is 5.91 Å². The van der Waals surface area contributed by atoms with Gasteiger partial charge in [0.1, 0.15) is 11.5 Å². The molecule has 0 aliphatic rings. The molecule has 0 bridgehead atoms. The van der Waals surface area contributed by atoms with Crippen LogP contribution in [0.15, 0.2) is 46.9 Å². The summed E-state index contributed by atoms with van der Waals surface area (Å²) in [6, 6.07) is 12.4. The zero-order valence-electron chi connectivity index (χ0n) is 10.1. The van der Waals surface area contributed by atoms with E-state index in [1.807, 2.05) is 12.1 Å². The Labute approximate surface area is 119 Å². The molecule has 0 radical (unpaired) electrons. The van der Waals surface area contributed by atoms with Gasteiger partial charge in [0.05, 0.1) is 5.56 Å². The van der Waals surface area contributed by atoms with E-state index in [0.717, 1.165) is 10.0 Å². The lowest BCUT2D eigenvalue weighted by molar-refractivity contribution is 0.0998. The van der Waals surface area contributed by atoms with Crippen LogP contribution in [0.2, 0.25) is 0 Å². The third-order valence-corrected chi connectivity index (χ3v) is 3.11. The Morgan fingerprint density at radius 3 is 2.58 bits per heavy atom. The number of para-hydroxylation sites is 1. The molecule has 4 nitrogen and oxygen atoms in total. The molecule has 2 aromatic carbocycles. The summed E-state index contributed by atoms with van der Waals surface area (Å²) in [5.74, 6) is 0.508. The highest BCUT2D eigenvalue weighted by molar-refractivity contribution is 9.10. The van der Waals surface area contributed by atoms with E-state index >= 15 is 0 Å². The highest BCUT2D eigenvalue weighted by atomic mass is 79.9. The van der Waals surface area contributed by atoms with Gasteiger partial charge in [0.15, 0.2) is 0 Å². The fourth-order valence-electron chi connectivity index (χ4n) is 1.68. The smallest absolute Gasteiger partial charge is 0.252 e. The van der Waals surface area contributed by atoms with Crippen LogP contribution in [-0.2, 0) is 6.54 Å².